The zero-order valence-electron chi connectivity index (χ0n) is 9.92. The first-order valence-corrected chi connectivity index (χ1v) is 5.97. The van der Waals surface area contributed by atoms with Crippen LogP contribution in [0.1, 0.15) is 33.6 Å². The monoisotopic (exact) mass is 240 g/mol. The number of halogens is 1. The van der Waals surface area contributed by atoms with Crippen molar-refractivity contribution in [2.75, 3.05) is 0 Å². The molecular weight excluding hydrogens is 224 g/mol. The minimum absolute atomic E-state index is 0.227. The molecule has 1 aliphatic rings. The van der Waals surface area contributed by atoms with Crippen molar-refractivity contribution in [3.8, 4) is 11.5 Å². The second kappa shape index (κ2) is 4.17. The summed E-state index contributed by atoms with van der Waals surface area (Å²) in [6.45, 7) is 6.05. The summed E-state index contributed by atoms with van der Waals surface area (Å²) in [6, 6.07) is 5.51. The summed E-state index contributed by atoms with van der Waals surface area (Å²) in [7, 11) is 0. The van der Waals surface area contributed by atoms with Gasteiger partial charge in [-0.05, 0) is 45.7 Å². The zero-order chi connectivity index (χ0) is 11.8. The van der Waals surface area contributed by atoms with E-state index in [1.54, 1.807) is 0 Å². The molecule has 2 nitrogen and oxygen atoms in total. The molecule has 0 unspecified atom stereocenters. The largest absolute Gasteiger partial charge is 0.486 e. The van der Waals surface area contributed by atoms with Gasteiger partial charge in [-0.2, -0.15) is 0 Å². The van der Waals surface area contributed by atoms with Gasteiger partial charge < -0.3 is 9.47 Å². The fraction of sp³-hybridized carbons (Fsp3) is 0.538. The van der Waals surface area contributed by atoms with Gasteiger partial charge in [0.2, 0.25) is 0 Å². The van der Waals surface area contributed by atoms with Crippen LogP contribution >= 0.6 is 11.6 Å². The quantitative estimate of drug-likeness (QED) is 0.793. The van der Waals surface area contributed by atoms with Crippen molar-refractivity contribution in [1.29, 1.82) is 0 Å². The number of benzene rings is 1. The van der Waals surface area contributed by atoms with Gasteiger partial charge in [-0.1, -0.05) is 11.6 Å². The van der Waals surface area contributed by atoms with Crippen LogP contribution < -0.4 is 9.47 Å². The Morgan fingerprint density at radius 1 is 1.19 bits per heavy atom. The molecule has 0 amide bonds. The Kier molecular flexibility index (Phi) is 3.02. The zero-order valence-corrected chi connectivity index (χ0v) is 10.7. The van der Waals surface area contributed by atoms with E-state index >= 15 is 0 Å². The molecule has 1 aliphatic carbocycles. The molecule has 1 aromatic carbocycles. The Morgan fingerprint density at radius 2 is 1.88 bits per heavy atom. The molecule has 16 heavy (non-hydrogen) atoms. The van der Waals surface area contributed by atoms with Gasteiger partial charge in [-0.3, -0.25) is 0 Å². The third kappa shape index (κ3) is 3.31. The molecule has 0 atom stereocenters. The molecule has 1 saturated carbocycles. The van der Waals surface area contributed by atoms with Gasteiger partial charge in [0.25, 0.3) is 0 Å². The van der Waals surface area contributed by atoms with Gasteiger partial charge in [-0.25, -0.2) is 0 Å². The molecule has 0 radical (unpaired) electrons. The lowest BCUT2D eigenvalue weighted by Crippen LogP contribution is -2.23. The molecule has 1 fully saturated rings. The summed E-state index contributed by atoms with van der Waals surface area (Å²) in [5.41, 5.74) is -0.227. The first-order chi connectivity index (χ1) is 7.44. The number of rotatable bonds is 3. The third-order valence-corrected chi connectivity index (χ3v) is 2.38. The highest BCUT2D eigenvalue weighted by atomic mass is 35.5. The highest BCUT2D eigenvalue weighted by Gasteiger charge is 2.26. The molecule has 3 heteroatoms. The van der Waals surface area contributed by atoms with Gasteiger partial charge in [0.05, 0.1) is 6.10 Å². The molecule has 0 aliphatic heterocycles. The van der Waals surface area contributed by atoms with Crippen LogP contribution in [0.25, 0.3) is 0 Å². The van der Waals surface area contributed by atoms with Crippen LogP contribution in [-0.2, 0) is 0 Å². The van der Waals surface area contributed by atoms with Gasteiger partial charge in [-0.15, -0.1) is 0 Å². The van der Waals surface area contributed by atoms with E-state index in [0.29, 0.717) is 11.1 Å². The molecule has 0 spiro atoms. The van der Waals surface area contributed by atoms with E-state index in [2.05, 4.69) is 0 Å². The molecule has 0 saturated heterocycles. The van der Waals surface area contributed by atoms with Crippen molar-refractivity contribution >= 4 is 11.6 Å². The average molecular weight is 241 g/mol. The van der Waals surface area contributed by atoms with E-state index in [0.717, 1.165) is 24.3 Å². The minimum atomic E-state index is -0.227. The first kappa shape index (κ1) is 11.6. The molecule has 0 heterocycles. The van der Waals surface area contributed by atoms with Crippen molar-refractivity contribution in [3.63, 3.8) is 0 Å². The summed E-state index contributed by atoms with van der Waals surface area (Å²) in [5.74, 6) is 1.52. The van der Waals surface area contributed by atoms with Crippen molar-refractivity contribution in [2.24, 2.45) is 0 Å². The summed E-state index contributed by atoms with van der Waals surface area (Å²) in [6.07, 6.45) is 2.60. The van der Waals surface area contributed by atoms with Crippen molar-refractivity contribution < 1.29 is 9.47 Å². The van der Waals surface area contributed by atoms with Crippen molar-refractivity contribution in [2.45, 2.75) is 45.3 Å². The van der Waals surface area contributed by atoms with Gasteiger partial charge >= 0.3 is 0 Å². The second-order valence-corrected chi connectivity index (χ2v) is 5.56. The Balaban J connectivity index is 2.20. The molecule has 88 valence electrons. The van der Waals surface area contributed by atoms with Crippen LogP contribution in [0.3, 0.4) is 0 Å². The van der Waals surface area contributed by atoms with Gasteiger partial charge in [0.1, 0.15) is 5.60 Å². The molecule has 0 bridgehead atoms. The van der Waals surface area contributed by atoms with Gasteiger partial charge in [0, 0.05) is 11.1 Å². The average Bonchev–Trinajstić information content (AvgIpc) is 2.91. The summed E-state index contributed by atoms with van der Waals surface area (Å²) < 4.78 is 11.6. The predicted octanol–water partition coefficient (Wildman–Crippen LogP) is 4.06. The Labute approximate surface area is 102 Å². The summed E-state index contributed by atoms with van der Waals surface area (Å²) in [5, 5.41) is 0.678. The highest BCUT2D eigenvalue weighted by Crippen LogP contribution is 2.37. The minimum Gasteiger partial charge on any atom is -0.486 e. The van der Waals surface area contributed by atoms with Crippen LogP contribution in [0.5, 0.6) is 11.5 Å². The lowest BCUT2D eigenvalue weighted by molar-refractivity contribution is 0.122. The smallest absolute Gasteiger partial charge is 0.163 e. The standard InChI is InChI=1S/C13H17ClO2/c1-13(2,3)16-11-7-4-9(14)8-12(11)15-10-5-6-10/h4,7-8,10H,5-6H2,1-3H3. The van der Waals surface area contributed by atoms with E-state index in [-0.39, 0.29) is 5.60 Å². The third-order valence-electron chi connectivity index (χ3n) is 2.14. The number of ether oxygens (including phenoxy) is 2. The van der Waals surface area contributed by atoms with Crippen LogP contribution in [0.4, 0.5) is 0 Å². The number of hydrogen-bond donors (Lipinski definition) is 0. The SMILES string of the molecule is CC(C)(C)Oc1ccc(Cl)cc1OC1CC1. The maximum absolute atomic E-state index is 5.96. The van der Waals surface area contributed by atoms with E-state index in [1.807, 2.05) is 39.0 Å². The Morgan fingerprint density at radius 3 is 2.44 bits per heavy atom. The maximum atomic E-state index is 5.96. The Bertz CT molecular complexity index is 378. The van der Waals surface area contributed by atoms with Crippen LogP contribution in [0, 0.1) is 0 Å². The van der Waals surface area contributed by atoms with Crippen LogP contribution in [0.15, 0.2) is 18.2 Å². The molecule has 0 N–H and O–H groups in total. The predicted molar refractivity (Wildman–Crippen MR) is 65.5 cm³/mol. The van der Waals surface area contributed by atoms with Crippen molar-refractivity contribution in [3.05, 3.63) is 23.2 Å². The topological polar surface area (TPSA) is 18.5 Å². The lowest BCUT2D eigenvalue weighted by Gasteiger charge is -2.23. The van der Waals surface area contributed by atoms with E-state index in [4.69, 9.17) is 21.1 Å². The highest BCUT2D eigenvalue weighted by molar-refractivity contribution is 6.30. The molecule has 0 aromatic heterocycles. The fourth-order valence-corrected chi connectivity index (χ4v) is 1.52. The van der Waals surface area contributed by atoms with E-state index in [9.17, 15) is 0 Å². The summed E-state index contributed by atoms with van der Waals surface area (Å²) >= 11 is 5.96. The lowest BCUT2D eigenvalue weighted by atomic mass is 10.2. The summed E-state index contributed by atoms with van der Waals surface area (Å²) in [4.78, 5) is 0. The molecular formula is C13H17ClO2. The van der Waals surface area contributed by atoms with E-state index in [1.165, 1.54) is 0 Å². The normalized spacial score (nSPS) is 16.0. The van der Waals surface area contributed by atoms with Gasteiger partial charge in [0.15, 0.2) is 11.5 Å². The van der Waals surface area contributed by atoms with E-state index < -0.39 is 0 Å². The van der Waals surface area contributed by atoms with Crippen molar-refractivity contribution in [1.82, 2.24) is 0 Å². The number of hydrogen-bond acceptors (Lipinski definition) is 2. The Hall–Kier alpha value is -0.890. The second-order valence-electron chi connectivity index (χ2n) is 5.12. The molecule has 2 rings (SSSR count). The maximum Gasteiger partial charge on any atom is 0.163 e. The van der Waals surface area contributed by atoms with Crippen LogP contribution in [-0.4, -0.2) is 11.7 Å². The first-order valence-electron chi connectivity index (χ1n) is 5.59. The van der Waals surface area contributed by atoms with Crippen LogP contribution in [0.2, 0.25) is 5.02 Å². The fourth-order valence-electron chi connectivity index (χ4n) is 1.35. The molecule has 1 aromatic rings.